The second-order valence-electron chi connectivity index (χ2n) is 9.50. The van der Waals surface area contributed by atoms with Gasteiger partial charge in [0.1, 0.15) is 22.9 Å². The molecule has 0 aromatic carbocycles. The van der Waals surface area contributed by atoms with Crippen molar-refractivity contribution in [2.24, 2.45) is 0 Å². The second-order valence-corrected chi connectivity index (χ2v) is 10.3. The molecule has 0 bridgehead atoms. The van der Waals surface area contributed by atoms with Crippen molar-refractivity contribution in [1.29, 1.82) is 5.26 Å². The van der Waals surface area contributed by atoms with E-state index in [9.17, 15) is 10.1 Å². The standard InChI is InChI=1S/C25H25N7O3S/c1-15-8-21(36-30-15)29-22-23-27-11-20(17-9-18(10-26)34-14-17)32(23)13-19(28-22)16-6-5-7-31(12-16)24(33)35-25(2,3)4/h6,8-9,11,13-14H,5,7,12H2,1-4H3,(H,28,29). The Labute approximate surface area is 212 Å². The summed E-state index contributed by atoms with van der Waals surface area (Å²) < 4.78 is 17.2. The SMILES string of the molecule is Cc1cc(Nc2nc(C3=CCCN(C(=O)OC(C)(C)C)C3)cn3c(-c4coc(C#N)c4)cnc23)sn1. The Bertz CT molecular complexity index is 1520. The molecule has 36 heavy (non-hydrogen) atoms. The Morgan fingerprint density at radius 2 is 2.17 bits per heavy atom. The first kappa shape index (κ1) is 23.6. The number of amides is 1. The van der Waals surface area contributed by atoms with Gasteiger partial charge in [-0.05, 0) is 57.3 Å². The molecule has 1 aliphatic heterocycles. The summed E-state index contributed by atoms with van der Waals surface area (Å²) in [4.78, 5) is 23.9. The highest BCUT2D eigenvalue weighted by molar-refractivity contribution is 7.10. The number of nitriles is 1. The van der Waals surface area contributed by atoms with Crippen LogP contribution in [0.15, 0.2) is 41.3 Å². The molecule has 0 radical (unpaired) electrons. The van der Waals surface area contributed by atoms with Crippen molar-refractivity contribution in [3.8, 4) is 17.3 Å². The predicted molar refractivity (Wildman–Crippen MR) is 136 cm³/mol. The predicted octanol–water partition coefficient (Wildman–Crippen LogP) is 5.39. The molecule has 0 saturated heterocycles. The van der Waals surface area contributed by atoms with E-state index in [0.29, 0.717) is 36.7 Å². The first-order chi connectivity index (χ1) is 17.2. The molecular weight excluding hydrogens is 478 g/mol. The molecule has 1 N–H and O–H groups in total. The quantitative estimate of drug-likeness (QED) is 0.393. The maximum Gasteiger partial charge on any atom is 0.410 e. The Hall–Kier alpha value is -4.17. The Morgan fingerprint density at radius 3 is 2.86 bits per heavy atom. The van der Waals surface area contributed by atoms with Crippen molar-refractivity contribution >= 4 is 39.7 Å². The maximum absolute atomic E-state index is 12.7. The summed E-state index contributed by atoms with van der Waals surface area (Å²) in [5.74, 6) is 0.775. The van der Waals surface area contributed by atoms with Crippen LogP contribution in [0.2, 0.25) is 0 Å². The lowest BCUT2D eigenvalue weighted by Gasteiger charge is -2.30. The fraction of sp³-hybridized carbons (Fsp3) is 0.320. The zero-order chi connectivity index (χ0) is 25.4. The number of ether oxygens (including phenoxy) is 1. The second kappa shape index (κ2) is 9.13. The van der Waals surface area contributed by atoms with Crippen molar-refractivity contribution < 1.29 is 13.9 Å². The maximum atomic E-state index is 12.7. The van der Waals surface area contributed by atoms with Gasteiger partial charge in [0.2, 0.25) is 5.76 Å². The summed E-state index contributed by atoms with van der Waals surface area (Å²) >= 11 is 1.34. The number of imidazole rings is 1. The molecule has 4 aromatic heterocycles. The minimum absolute atomic E-state index is 0.218. The number of rotatable bonds is 4. The fourth-order valence-electron chi connectivity index (χ4n) is 3.92. The molecule has 1 amide bonds. The highest BCUT2D eigenvalue weighted by Crippen LogP contribution is 2.31. The molecule has 11 heteroatoms. The van der Waals surface area contributed by atoms with Gasteiger partial charge in [-0.2, -0.15) is 9.64 Å². The molecule has 0 spiro atoms. The normalized spacial score (nSPS) is 14.0. The minimum Gasteiger partial charge on any atom is -0.453 e. The van der Waals surface area contributed by atoms with Gasteiger partial charge < -0.3 is 19.4 Å². The number of fused-ring (bicyclic) bond motifs is 1. The number of hydrogen-bond donors (Lipinski definition) is 1. The van der Waals surface area contributed by atoms with E-state index in [1.165, 1.54) is 17.8 Å². The van der Waals surface area contributed by atoms with Crippen molar-refractivity contribution in [3.63, 3.8) is 0 Å². The largest absolute Gasteiger partial charge is 0.453 e. The number of aryl methyl sites for hydroxylation is 1. The Morgan fingerprint density at radius 1 is 1.33 bits per heavy atom. The Kier molecular flexibility index (Phi) is 5.97. The molecule has 0 unspecified atom stereocenters. The highest BCUT2D eigenvalue weighted by atomic mass is 32.1. The monoisotopic (exact) mass is 503 g/mol. The summed E-state index contributed by atoms with van der Waals surface area (Å²) in [7, 11) is 0. The number of carbonyl (C=O) groups is 1. The molecule has 0 saturated carbocycles. The van der Waals surface area contributed by atoms with E-state index < -0.39 is 5.60 Å². The van der Waals surface area contributed by atoms with Gasteiger partial charge in [0.25, 0.3) is 0 Å². The summed E-state index contributed by atoms with van der Waals surface area (Å²) in [6.45, 7) is 8.45. The number of hydrogen-bond acceptors (Lipinski definition) is 9. The Balaban J connectivity index is 1.56. The van der Waals surface area contributed by atoms with Gasteiger partial charge in [-0.25, -0.2) is 14.8 Å². The van der Waals surface area contributed by atoms with Crippen LogP contribution in [0.3, 0.4) is 0 Å². The number of furan rings is 1. The van der Waals surface area contributed by atoms with Crippen molar-refractivity contribution in [2.75, 3.05) is 18.4 Å². The molecule has 5 rings (SSSR count). The average molecular weight is 504 g/mol. The average Bonchev–Trinajstić information content (AvgIpc) is 3.57. The lowest BCUT2D eigenvalue weighted by atomic mass is 10.1. The number of carbonyl (C=O) groups excluding carboxylic acids is 1. The third kappa shape index (κ3) is 4.81. The van der Waals surface area contributed by atoms with Crippen LogP contribution in [-0.2, 0) is 4.74 Å². The van der Waals surface area contributed by atoms with Gasteiger partial charge in [0.05, 0.1) is 29.8 Å². The highest BCUT2D eigenvalue weighted by Gasteiger charge is 2.26. The first-order valence-corrected chi connectivity index (χ1v) is 12.2. The molecule has 184 valence electrons. The van der Waals surface area contributed by atoms with Gasteiger partial charge >= 0.3 is 6.09 Å². The molecule has 0 atom stereocenters. The van der Waals surface area contributed by atoms with Gasteiger partial charge in [0.15, 0.2) is 11.5 Å². The van der Waals surface area contributed by atoms with Gasteiger partial charge in [-0.1, -0.05) is 6.08 Å². The van der Waals surface area contributed by atoms with Gasteiger partial charge in [0, 0.05) is 24.4 Å². The summed E-state index contributed by atoms with van der Waals surface area (Å²) in [5, 5.41) is 13.4. The van der Waals surface area contributed by atoms with Gasteiger partial charge in [-0.3, -0.25) is 4.40 Å². The van der Waals surface area contributed by atoms with E-state index >= 15 is 0 Å². The van der Waals surface area contributed by atoms with Crippen LogP contribution in [0.5, 0.6) is 0 Å². The molecular formula is C25H25N7O3S. The molecule has 4 aromatic rings. The third-order valence-electron chi connectivity index (χ3n) is 5.50. The van der Waals surface area contributed by atoms with Crippen LogP contribution in [0, 0.1) is 18.3 Å². The van der Waals surface area contributed by atoms with E-state index in [1.807, 2.05) is 50.4 Å². The number of nitrogens with zero attached hydrogens (tertiary/aromatic N) is 6. The lowest BCUT2D eigenvalue weighted by molar-refractivity contribution is 0.0273. The zero-order valence-corrected chi connectivity index (χ0v) is 21.2. The molecule has 0 aliphatic carbocycles. The van der Waals surface area contributed by atoms with Crippen LogP contribution in [-0.4, -0.2) is 48.4 Å². The van der Waals surface area contributed by atoms with E-state index in [0.717, 1.165) is 27.5 Å². The minimum atomic E-state index is -0.571. The van der Waals surface area contributed by atoms with E-state index in [1.54, 1.807) is 17.2 Å². The summed E-state index contributed by atoms with van der Waals surface area (Å²) in [6.07, 6.45) is 7.58. The van der Waals surface area contributed by atoms with Crippen molar-refractivity contribution in [1.82, 2.24) is 23.6 Å². The fourth-order valence-corrected chi connectivity index (χ4v) is 4.58. The van der Waals surface area contributed by atoms with Crippen molar-refractivity contribution in [2.45, 2.75) is 39.7 Å². The molecule has 5 heterocycles. The zero-order valence-electron chi connectivity index (χ0n) is 20.4. The van der Waals surface area contributed by atoms with E-state index in [2.05, 4.69) is 20.8 Å². The molecule has 10 nitrogen and oxygen atoms in total. The van der Waals surface area contributed by atoms with E-state index in [-0.39, 0.29) is 11.9 Å². The summed E-state index contributed by atoms with van der Waals surface area (Å²) in [6, 6.07) is 5.63. The first-order valence-electron chi connectivity index (χ1n) is 11.4. The van der Waals surface area contributed by atoms with Crippen LogP contribution in [0.1, 0.15) is 44.3 Å². The smallest absolute Gasteiger partial charge is 0.410 e. The molecule has 0 fully saturated rings. The third-order valence-corrected chi connectivity index (χ3v) is 6.29. The number of nitrogens with one attached hydrogen (secondary N) is 1. The van der Waals surface area contributed by atoms with Crippen LogP contribution >= 0.6 is 11.5 Å². The van der Waals surface area contributed by atoms with Crippen LogP contribution < -0.4 is 5.32 Å². The van der Waals surface area contributed by atoms with Gasteiger partial charge in [-0.15, -0.1) is 0 Å². The summed E-state index contributed by atoms with van der Waals surface area (Å²) in [5.41, 5.74) is 4.03. The van der Waals surface area contributed by atoms with Crippen LogP contribution in [0.4, 0.5) is 15.6 Å². The number of aromatic nitrogens is 4. The molecule has 1 aliphatic rings. The topological polar surface area (TPSA) is 122 Å². The van der Waals surface area contributed by atoms with Crippen LogP contribution in [0.25, 0.3) is 22.5 Å². The van der Waals surface area contributed by atoms with E-state index in [4.69, 9.17) is 14.1 Å². The van der Waals surface area contributed by atoms with Crippen molar-refractivity contribution in [3.05, 3.63) is 54.0 Å². The lowest BCUT2D eigenvalue weighted by Crippen LogP contribution is -2.39. The number of anilines is 2.